The van der Waals surface area contributed by atoms with Crippen LogP contribution in [0.4, 0.5) is 5.69 Å². The monoisotopic (exact) mass is 353 g/mol. The zero-order chi connectivity index (χ0) is 17.2. The Bertz CT molecular complexity index is 710. The van der Waals surface area contributed by atoms with E-state index in [1.807, 2.05) is 0 Å². The lowest BCUT2D eigenvalue weighted by molar-refractivity contribution is -0.120. The molecule has 7 nitrogen and oxygen atoms in total. The number of benzene rings is 1. The first-order valence-corrected chi connectivity index (χ1v) is 9.70. The molecular weight excluding hydrogens is 330 g/mol. The van der Waals surface area contributed by atoms with Gasteiger partial charge in [0.1, 0.15) is 5.75 Å². The van der Waals surface area contributed by atoms with Crippen molar-refractivity contribution in [2.45, 2.75) is 36.6 Å². The number of hydrogen-bond acceptors (Lipinski definition) is 5. The summed E-state index contributed by atoms with van der Waals surface area (Å²) >= 11 is 0. The van der Waals surface area contributed by atoms with Crippen LogP contribution in [0.3, 0.4) is 0 Å². The normalized spacial score (nSPS) is 19.0. The van der Waals surface area contributed by atoms with Gasteiger partial charge in [-0.05, 0) is 57.0 Å². The van der Waals surface area contributed by atoms with Gasteiger partial charge in [0.05, 0.1) is 17.7 Å². The van der Waals surface area contributed by atoms with Crippen LogP contribution in [0.1, 0.15) is 25.7 Å². The van der Waals surface area contributed by atoms with Crippen LogP contribution in [-0.4, -0.2) is 40.6 Å². The standard InChI is InChI=1S/C16H23N3O4S/c1-23-15-5-4-13(24(21,22)19-12-2-3-12)10-14(15)18-16(20)11-6-8-17-9-7-11/h4-5,10-12,17,19H,2-3,6-9H2,1H3,(H,18,20). The zero-order valence-electron chi connectivity index (χ0n) is 13.7. The predicted molar refractivity (Wildman–Crippen MR) is 90.6 cm³/mol. The molecule has 1 amide bonds. The maximum Gasteiger partial charge on any atom is 0.240 e. The van der Waals surface area contributed by atoms with Crippen molar-refractivity contribution in [3.63, 3.8) is 0 Å². The number of amides is 1. The van der Waals surface area contributed by atoms with Crippen LogP contribution >= 0.6 is 0 Å². The number of anilines is 1. The third-order valence-corrected chi connectivity index (χ3v) is 5.87. The number of hydrogen-bond donors (Lipinski definition) is 3. The topological polar surface area (TPSA) is 96.5 Å². The van der Waals surface area contributed by atoms with E-state index in [4.69, 9.17) is 4.74 Å². The van der Waals surface area contributed by atoms with Crippen molar-refractivity contribution < 1.29 is 17.9 Å². The summed E-state index contributed by atoms with van der Waals surface area (Å²) in [6.07, 6.45) is 3.29. The van der Waals surface area contributed by atoms with Gasteiger partial charge in [-0.3, -0.25) is 4.79 Å². The lowest BCUT2D eigenvalue weighted by Gasteiger charge is -2.22. The smallest absolute Gasteiger partial charge is 0.240 e. The van der Waals surface area contributed by atoms with Gasteiger partial charge in [-0.1, -0.05) is 0 Å². The van der Waals surface area contributed by atoms with E-state index in [1.54, 1.807) is 6.07 Å². The van der Waals surface area contributed by atoms with Crippen LogP contribution in [-0.2, 0) is 14.8 Å². The zero-order valence-corrected chi connectivity index (χ0v) is 14.5. The lowest BCUT2D eigenvalue weighted by atomic mass is 9.97. The third-order valence-electron chi connectivity index (χ3n) is 4.35. The second-order valence-electron chi connectivity index (χ2n) is 6.27. The van der Waals surface area contributed by atoms with Crippen molar-refractivity contribution in [1.29, 1.82) is 0 Å². The Balaban J connectivity index is 1.79. The molecule has 0 spiro atoms. The summed E-state index contributed by atoms with van der Waals surface area (Å²) in [6, 6.07) is 4.55. The Morgan fingerprint density at radius 1 is 1.21 bits per heavy atom. The molecule has 0 radical (unpaired) electrons. The highest BCUT2D eigenvalue weighted by molar-refractivity contribution is 7.89. The Labute approximate surface area is 142 Å². The molecule has 1 saturated carbocycles. The van der Waals surface area contributed by atoms with Gasteiger partial charge in [-0.2, -0.15) is 0 Å². The minimum atomic E-state index is -3.57. The van der Waals surface area contributed by atoms with E-state index in [2.05, 4.69) is 15.4 Å². The molecule has 1 aliphatic carbocycles. The molecule has 1 heterocycles. The minimum absolute atomic E-state index is 0.0323. The van der Waals surface area contributed by atoms with Crippen molar-refractivity contribution in [1.82, 2.24) is 10.0 Å². The first-order valence-electron chi connectivity index (χ1n) is 8.21. The summed E-state index contributed by atoms with van der Waals surface area (Å²) in [5.41, 5.74) is 0.389. The van der Waals surface area contributed by atoms with E-state index in [0.717, 1.165) is 38.8 Å². The quantitative estimate of drug-likeness (QED) is 0.711. The molecule has 2 fully saturated rings. The number of nitrogens with one attached hydrogen (secondary N) is 3. The predicted octanol–water partition coefficient (Wildman–Crippen LogP) is 1.07. The molecule has 1 aromatic rings. The fourth-order valence-corrected chi connectivity index (χ4v) is 4.09. The van der Waals surface area contributed by atoms with Gasteiger partial charge in [-0.25, -0.2) is 13.1 Å². The van der Waals surface area contributed by atoms with Gasteiger partial charge in [-0.15, -0.1) is 0 Å². The van der Waals surface area contributed by atoms with Crippen molar-refractivity contribution in [2.75, 3.05) is 25.5 Å². The maximum atomic E-state index is 12.4. The molecule has 132 valence electrons. The van der Waals surface area contributed by atoms with Gasteiger partial charge in [0.2, 0.25) is 15.9 Å². The van der Waals surface area contributed by atoms with Crippen LogP contribution in [0, 0.1) is 5.92 Å². The average molecular weight is 353 g/mol. The van der Waals surface area contributed by atoms with Crippen LogP contribution < -0.4 is 20.1 Å². The molecular formula is C16H23N3O4S. The molecule has 1 saturated heterocycles. The summed E-state index contributed by atoms with van der Waals surface area (Å²) < 4.78 is 32.6. The summed E-state index contributed by atoms with van der Waals surface area (Å²) in [5, 5.41) is 6.05. The SMILES string of the molecule is COc1ccc(S(=O)(=O)NC2CC2)cc1NC(=O)C1CCNCC1. The third kappa shape index (κ3) is 4.06. The fourth-order valence-electron chi connectivity index (χ4n) is 2.76. The maximum absolute atomic E-state index is 12.4. The Kier molecular flexibility index (Phi) is 5.07. The van der Waals surface area contributed by atoms with Gasteiger partial charge in [0, 0.05) is 12.0 Å². The van der Waals surface area contributed by atoms with Crippen LogP contribution in [0.25, 0.3) is 0 Å². The van der Waals surface area contributed by atoms with Crippen LogP contribution in [0.15, 0.2) is 23.1 Å². The van der Waals surface area contributed by atoms with Crippen molar-refractivity contribution >= 4 is 21.6 Å². The minimum Gasteiger partial charge on any atom is -0.495 e. The molecule has 24 heavy (non-hydrogen) atoms. The van der Waals surface area contributed by atoms with Gasteiger partial charge in [0.15, 0.2) is 0 Å². The van der Waals surface area contributed by atoms with Crippen LogP contribution in [0.5, 0.6) is 5.75 Å². The number of sulfonamides is 1. The number of piperidine rings is 1. The number of ether oxygens (including phenoxy) is 1. The number of carbonyl (C=O) groups excluding carboxylic acids is 1. The lowest BCUT2D eigenvalue weighted by Crippen LogP contribution is -2.34. The number of methoxy groups -OCH3 is 1. The highest BCUT2D eigenvalue weighted by Gasteiger charge is 2.29. The van der Waals surface area contributed by atoms with E-state index >= 15 is 0 Å². The fraction of sp³-hybridized carbons (Fsp3) is 0.562. The van der Waals surface area contributed by atoms with Crippen LogP contribution in [0.2, 0.25) is 0 Å². The summed E-state index contributed by atoms with van der Waals surface area (Å²) in [5.74, 6) is 0.281. The van der Waals surface area contributed by atoms with E-state index in [9.17, 15) is 13.2 Å². The average Bonchev–Trinajstić information content (AvgIpc) is 3.39. The number of carbonyl (C=O) groups is 1. The Hall–Kier alpha value is -1.64. The summed E-state index contributed by atoms with van der Waals surface area (Å²) in [4.78, 5) is 12.6. The Morgan fingerprint density at radius 3 is 2.54 bits per heavy atom. The van der Waals surface area contributed by atoms with Gasteiger partial charge >= 0.3 is 0 Å². The molecule has 3 rings (SSSR count). The first-order chi connectivity index (χ1) is 11.5. The second-order valence-corrected chi connectivity index (χ2v) is 7.99. The molecule has 0 unspecified atom stereocenters. The van der Waals surface area contributed by atoms with Gasteiger partial charge < -0.3 is 15.4 Å². The second kappa shape index (κ2) is 7.08. The summed E-state index contributed by atoms with van der Waals surface area (Å²) in [6.45, 7) is 1.63. The molecule has 3 N–H and O–H groups in total. The molecule has 1 aromatic carbocycles. The van der Waals surface area contributed by atoms with Gasteiger partial charge in [0.25, 0.3) is 0 Å². The Morgan fingerprint density at radius 2 is 1.92 bits per heavy atom. The molecule has 0 aromatic heterocycles. The summed E-state index contributed by atoms with van der Waals surface area (Å²) in [7, 11) is -2.08. The molecule has 0 bridgehead atoms. The molecule has 1 aliphatic heterocycles. The highest BCUT2D eigenvalue weighted by Crippen LogP contribution is 2.30. The molecule has 2 aliphatic rings. The van der Waals surface area contributed by atoms with E-state index < -0.39 is 10.0 Å². The van der Waals surface area contributed by atoms with Crippen molar-refractivity contribution in [3.05, 3.63) is 18.2 Å². The largest absolute Gasteiger partial charge is 0.495 e. The number of rotatable bonds is 6. The highest BCUT2D eigenvalue weighted by atomic mass is 32.2. The van der Waals surface area contributed by atoms with Crippen molar-refractivity contribution in [3.8, 4) is 5.75 Å². The van der Waals surface area contributed by atoms with Crippen molar-refractivity contribution in [2.24, 2.45) is 5.92 Å². The van der Waals surface area contributed by atoms with E-state index in [0.29, 0.717) is 11.4 Å². The van der Waals surface area contributed by atoms with E-state index in [1.165, 1.54) is 19.2 Å². The van der Waals surface area contributed by atoms with E-state index in [-0.39, 0.29) is 22.8 Å². The first kappa shape index (κ1) is 17.2. The molecule has 8 heteroatoms. The molecule has 0 atom stereocenters.